The van der Waals surface area contributed by atoms with Gasteiger partial charge in [0.15, 0.2) is 0 Å². The first kappa shape index (κ1) is 19.4. The molecule has 0 aliphatic heterocycles. The average Bonchev–Trinajstić information content (AvgIpc) is 3.16. The van der Waals surface area contributed by atoms with Crippen LogP contribution in [0, 0.1) is 21.4 Å². The molecular formula is C20H10Cl2N2O4. The number of benzene rings is 2. The molecule has 0 fully saturated rings. The third-order valence-corrected chi connectivity index (χ3v) is 4.63. The van der Waals surface area contributed by atoms with Crippen molar-refractivity contribution in [1.82, 2.24) is 0 Å². The van der Waals surface area contributed by atoms with E-state index in [1.807, 2.05) is 0 Å². The molecule has 6 nitrogen and oxygen atoms in total. The Kier molecular flexibility index (Phi) is 5.59. The Balaban J connectivity index is 1.94. The van der Waals surface area contributed by atoms with Gasteiger partial charge >= 0.3 is 0 Å². The molecule has 28 heavy (non-hydrogen) atoms. The van der Waals surface area contributed by atoms with E-state index in [9.17, 15) is 20.2 Å². The Hall–Kier alpha value is -3.40. The van der Waals surface area contributed by atoms with Gasteiger partial charge in [0.05, 0.1) is 15.0 Å². The zero-order valence-electron chi connectivity index (χ0n) is 14.1. The second-order valence-electron chi connectivity index (χ2n) is 5.61. The number of carbonyl (C=O) groups is 1. The Bertz CT molecular complexity index is 1160. The summed E-state index contributed by atoms with van der Waals surface area (Å²) in [7, 11) is 0. The predicted molar refractivity (Wildman–Crippen MR) is 105 cm³/mol. The van der Waals surface area contributed by atoms with Gasteiger partial charge in [-0.3, -0.25) is 14.9 Å². The van der Waals surface area contributed by atoms with Gasteiger partial charge in [-0.25, -0.2) is 0 Å². The summed E-state index contributed by atoms with van der Waals surface area (Å²) in [6, 6.07) is 15.3. The van der Waals surface area contributed by atoms with Crippen LogP contribution in [0.5, 0.6) is 0 Å². The summed E-state index contributed by atoms with van der Waals surface area (Å²) >= 11 is 12.2. The van der Waals surface area contributed by atoms with Crippen LogP contribution in [0.4, 0.5) is 5.69 Å². The quantitative estimate of drug-likeness (QED) is 0.169. The van der Waals surface area contributed by atoms with Crippen molar-refractivity contribution in [2.75, 3.05) is 0 Å². The zero-order valence-corrected chi connectivity index (χ0v) is 15.6. The number of furan rings is 1. The SMILES string of the molecule is N#C/C(=C\c1ccc(-c2cccc(Cl)c2Cl)o1)C(=O)c1cccc([N+](=O)[O-])c1. The number of Topliss-reactive ketones (excluding diaryl/α,β-unsaturated/α-hetero) is 1. The van der Waals surface area contributed by atoms with Crippen molar-refractivity contribution in [3.63, 3.8) is 0 Å². The topological polar surface area (TPSA) is 97.1 Å². The molecule has 0 unspecified atom stereocenters. The largest absolute Gasteiger partial charge is 0.457 e. The van der Waals surface area contributed by atoms with Gasteiger partial charge in [0, 0.05) is 29.3 Å². The summed E-state index contributed by atoms with van der Waals surface area (Å²) in [5, 5.41) is 20.9. The number of hydrogen-bond acceptors (Lipinski definition) is 5. The highest BCUT2D eigenvalue weighted by molar-refractivity contribution is 6.43. The van der Waals surface area contributed by atoms with Gasteiger partial charge in [0.25, 0.3) is 5.69 Å². The van der Waals surface area contributed by atoms with Crippen LogP contribution in [0.1, 0.15) is 16.1 Å². The van der Waals surface area contributed by atoms with Crippen molar-refractivity contribution in [3.8, 4) is 17.4 Å². The lowest BCUT2D eigenvalue weighted by Gasteiger charge is -2.02. The smallest absolute Gasteiger partial charge is 0.270 e. The summed E-state index contributed by atoms with van der Waals surface area (Å²) in [6.45, 7) is 0. The number of hydrogen-bond donors (Lipinski definition) is 0. The van der Waals surface area contributed by atoms with Crippen LogP contribution in [0.3, 0.4) is 0 Å². The number of nitrogens with zero attached hydrogens (tertiary/aromatic N) is 2. The lowest BCUT2D eigenvalue weighted by atomic mass is 10.0. The number of halogens is 2. The molecule has 0 saturated heterocycles. The molecular weight excluding hydrogens is 403 g/mol. The van der Waals surface area contributed by atoms with Crippen LogP contribution in [-0.4, -0.2) is 10.7 Å². The van der Waals surface area contributed by atoms with E-state index in [4.69, 9.17) is 27.6 Å². The minimum atomic E-state index is -0.648. The van der Waals surface area contributed by atoms with Gasteiger partial charge in [-0.1, -0.05) is 41.4 Å². The fourth-order valence-corrected chi connectivity index (χ4v) is 2.87. The monoisotopic (exact) mass is 412 g/mol. The lowest BCUT2D eigenvalue weighted by molar-refractivity contribution is -0.384. The van der Waals surface area contributed by atoms with Crippen molar-refractivity contribution in [3.05, 3.63) is 91.7 Å². The lowest BCUT2D eigenvalue weighted by Crippen LogP contribution is -2.02. The first-order chi connectivity index (χ1) is 13.4. The third-order valence-electron chi connectivity index (χ3n) is 3.81. The molecule has 3 aromatic rings. The van der Waals surface area contributed by atoms with E-state index in [0.717, 1.165) is 6.07 Å². The van der Waals surface area contributed by atoms with Crippen molar-refractivity contribution >= 4 is 40.7 Å². The number of non-ortho nitro benzene ring substituents is 1. The Morgan fingerprint density at radius 3 is 2.61 bits per heavy atom. The molecule has 1 heterocycles. The third kappa shape index (κ3) is 3.96. The summed E-state index contributed by atoms with van der Waals surface area (Å²) in [4.78, 5) is 22.8. The highest BCUT2D eigenvalue weighted by atomic mass is 35.5. The second kappa shape index (κ2) is 8.09. The Morgan fingerprint density at radius 2 is 1.89 bits per heavy atom. The number of carbonyl (C=O) groups excluding carboxylic acids is 1. The van der Waals surface area contributed by atoms with E-state index in [1.54, 1.807) is 36.4 Å². The average molecular weight is 413 g/mol. The van der Waals surface area contributed by atoms with E-state index in [2.05, 4.69) is 0 Å². The number of nitro groups is 1. The maximum absolute atomic E-state index is 12.5. The zero-order chi connectivity index (χ0) is 20.3. The van der Waals surface area contributed by atoms with Gasteiger partial charge in [-0.05, 0) is 24.3 Å². The number of rotatable bonds is 5. The normalized spacial score (nSPS) is 11.1. The van der Waals surface area contributed by atoms with Gasteiger partial charge in [0.2, 0.25) is 5.78 Å². The minimum absolute atomic E-state index is 0.0339. The van der Waals surface area contributed by atoms with Gasteiger partial charge in [-0.2, -0.15) is 5.26 Å². The van der Waals surface area contributed by atoms with Crippen LogP contribution in [0.25, 0.3) is 17.4 Å². The Morgan fingerprint density at radius 1 is 1.14 bits per heavy atom. The van der Waals surface area contributed by atoms with Crippen molar-refractivity contribution in [1.29, 1.82) is 5.26 Å². The van der Waals surface area contributed by atoms with Crippen molar-refractivity contribution in [2.24, 2.45) is 0 Å². The molecule has 3 rings (SSSR count). The molecule has 0 aliphatic rings. The molecule has 1 aromatic heterocycles. The van der Waals surface area contributed by atoms with Crippen LogP contribution in [0.2, 0.25) is 10.0 Å². The summed E-state index contributed by atoms with van der Waals surface area (Å²) in [5.41, 5.74) is 0.140. The number of ketones is 1. The van der Waals surface area contributed by atoms with Gasteiger partial charge in [0.1, 0.15) is 23.2 Å². The predicted octanol–water partition coefficient (Wildman–Crippen LogP) is 5.95. The number of allylic oxidation sites excluding steroid dienone is 1. The molecule has 0 spiro atoms. The molecule has 0 N–H and O–H groups in total. The maximum atomic E-state index is 12.5. The molecule has 138 valence electrons. The molecule has 2 aromatic carbocycles. The van der Waals surface area contributed by atoms with Crippen LogP contribution in [0.15, 0.2) is 64.6 Å². The summed E-state index contributed by atoms with van der Waals surface area (Å²) < 4.78 is 5.65. The van der Waals surface area contributed by atoms with Crippen molar-refractivity contribution < 1.29 is 14.1 Å². The van der Waals surface area contributed by atoms with Crippen LogP contribution in [-0.2, 0) is 0 Å². The standard InChI is InChI=1S/C20H10Cl2N2O4/c21-17-6-2-5-16(19(17)22)18-8-7-15(28-18)10-13(11-23)20(25)12-3-1-4-14(9-12)24(26)27/h1-10H/b13-10+. The second-order valence-corrected chi connectivity index (χ2v) is 6.39. The molecule has 0 aliphatic carbocycles. The number of nitro benzene ring substituents is 1. The fourth-order valence-electron chi connectivity index (χ4n) is 2.48. The molecule has 0 saturated carbocycles. The summed E-state index contributed by atoms with van der Waals surface area (Å²) in [5.74, 6) is 0.0187. The molecule has 0 amide bonds. The van der Waals surface area contributed by atoms with E-state index in [1.165, 1.54) is 24.3 Å². The maximum Gasteiger partial charge on any atom is 0.270 e. The highest BCUT2D eigenvalue weighted by Crippen LogP contribution is 2.34. The van der Waals surface area contributed by atoms with E-state index < -0.39 is 10.7 Å². The fraction of sp³-hybridized carbons (Fsp3) is 0. The minimum Gasteiger partial charge on any atom is -0.457 e. The van der Waals surface area contributed by atoms with Crippen LogP contribution < -0.4 is 0 Å². The van der Waals surface area contributed by atoms with Gasteiger partial charge < -0.3 is 4.42 Å². The summed E-state index contributed by atoms with van der Waals surface area (Å²) in [6.07, 6.45) is 1.27. The molecule has 0 radical (unpaired) electrons. The first-order valence-corrected chi connectivity index (χ1v) is 8.61. The number of nitriles is 1. The van der Waals surface area contributed by atoms with Crippen molar-refractivity contribution in [2.45, 2.75) is 0 Å². The van der Waals surface area contributed by atoms with E-state index >= 15 is 0 Å². The van der Waals surface area contributed by atoms with E-state index in [-0.39, 0.29) is 22.6 Å². The molecule has 0 atom stereocenters. The van der Waals surface area contributed by atoms with Gasteiger partial charge in [-0.15, -0.1) is 0 Å². The van der Waals surface area contributed by atoms with E-state index in [0.29, 0.717) is 21.4 Å². The molecule has 8 heteroatoms. The van der Waals surface area contributed by atoms with Crippen LogP contribution >= 0.6 is 23.2 Å². The molecule has 0 bridgehead atoms. The highest BCUT2D eigenvalue weighted by Gasteiger charge is 2.17. The Labute approximate surface area is 169 Å². The first-order valence-electron chi connectivity index (χ1n) is 7.86.